The number of aromatic nitrogens is 1. The average molecular weight is 442 g/mol. The number of piperidine rings is 1. The van der Waals surface area contributed by atoms with Gasteiger partial charge >= 0.3 is 6.18 Å². The molecule has 1 aromatic carbocycles. The van der Waals surface area contributed by atoms with E-state index in [0.717, 1.165) is 56.6 Å². The monoisotopic (exact) mass is 441 g/mol. The molecule has 2 heterocycles. The third-order valence-corrected chi connectivity index (χ3v) is 6.16. The number of nitrogens with one attached hydrogen (secondary N) is 1. The minimum absolute atomic E-state index is 0.122. The predicted molar refractivity (Wildman–Crippen MR) is 116 cm³/mol. The lowest BCUT2D eigenvalue weighted by Crippen LogP contribution is -2.32. The first-order valence-corrected chi connectivity index (χ1v) is 11.5. The highest BCUT2D eigenvalue weighted by atomic mass is 32.1. The van der Waals surface area contributed by atoms with Crippen LogP contribution < -0.4 is 10.1 Å². The Morgan fingerprint density at radius 3 is 2.70 bits per heavy atom. The van der Waals surface area contributed by atoms with Crippen molar-refractivity contribution in [2.45, 2.75) is 58.7 Å². The molecule has 8 heteroatoms. The second-order valence-corrected chi connectivity index (χ2v) is 8.85. The van der Waals surface area contributed by atoms with Crippen LogP contribution in [0.2, 0.25) is 0 Å². The van der Waals surface area contributed by atoms with Crippen LogP contribution in [-0.2, 0) is 12.7 Å². The molecule has 0 amide bonds. The van der Waals surface area contributed by atoms with Crippen molar-refractivity contribution in [1.29, 1.82) is 0 Å². The van der Waals surface area contributed by atoms with Crippen LogP contribution in [-0.4, -0.2) is 29.6 Å². The van der Waals surface area contributed by atoms with E-state index in [4.69, 9.17) is 4.74 Å². The highest BCUT2D eigenvalue weighted by Crippen LogP contribution is 2.38. The summed E-state index contributed by atoms with van der Waals surface area (Å²) >= 11 is 1.41. The molecule has 0 unspecified atom stereocenters. The Bertz CT molecular complexity index is 801. The lowest BCUT2D eigenvalue weighted by Gasteiger charge is -2.29. The van der Waals surface area contributed by atoms with Crippen LogP contribution in [0, 0.1) is 5.92 Å². The third kappa shape index (κ3) is 6.60. The number of anilines is 2. The van der Waals surface area contributed by atoms with E-state index in [1.807, 2.05) is 12.3 Å². The second-order valence-electron chi connectivity index (χ2n) is 7.99. The van der Waals surface area contributed by atoms with Gasteiger partial charge in [-0.1, -0.05) is 26.7 Å². The minimum atomic E-state index is -4.47. The van der Waals surface area contributed by atoms with E-state index in [2.05, 4.69) is 22.1 Å². The lowest BCUT2D eigenvalue weighted by atomic mass is 9.99. The first-order chi connectivity index (χ1) is 14.3. The van der Waals surface area contributed by atoms with Gasteiger partial charge in [0.2, 0.25) is 0 Å². The van der Waals surface area contributed by atoms with Crippen molar-refractivity contribution in [1.82, 2.24) is 9.88 Å². The summed E-state index contributed by atoms with van der Waals surface area (Å²) in [5.41, 5.74) is 0.545. The third-order valence-electron chi connectivity index (χ3n) is 5.36. The van der Waals surface area contributed by atoms with Crippen molar-refractivity contribution >= 4 is 22.2 Å². The van der Waals surface area contributed by atoms with Crippen LogP contribution in [0.4, 0.5) is 24.0 Å². The smallest absolute Gasteiger partial charge is 0.420 e. The summed E-state index contributed by atoms with van der Waals surface area (Å²) in [5.74, 6) is 0.652. The minimum Gasteiger partial charge on any atom is -0.493 e. The molecule has 166 valence electrons. The first-order valence-electron chi connectivity index (χ1n) is 10.6. The van der Waals surface area contributed by atoms with Crippen LogP contribution in [0.5, 0.6) is 5.75 Å². The van der Waals surface area contributed by atoms with Crippen molar-refractivity contribution in [2.24, 2.45) is 5.92 Å². The van der Waals surface area contributed by atoms with Gasteiger partial charge in [0.25, 0.3) is 0 Å². The van der Waals surface area contributed by atoms with Crippen LogP contribution in [0.15, 0.2) is 23.6 Å². The first kappa shape index (κ1) is 22.9. The summed E-state index contributed by atoms with van der Waals surface area (Å²) in [5, 5.41) is 5.58. The number of likely N-dealkylation sites (tertiary alicyclic amines) is 1. The number of thiazole rings is 1. The molecule has 1 fully saturated rings. The normalized spacial score (nSPS) is 16.0. The molecule has 0 bridgehead atoms. The van der Waals surface area contributed by atoms with Gasteiger partial charge in [0.15, 0.2) is 5.13 Å². The molecule has 0 atom stereocenters. The number of hydrogen-bond donors (Lipinski definition) is 1. The van der Waals surface area contributed by atoms with Crippen LogP contribution in [0.3, 0.4) is 0 Å². The largest absolute Gasteiger partial charge is 0.493 e. The molecule has 0 aliphatic carbocycles. The Kier molecular flexibility index (Phi) is 7.99. The van der Waals surface area contributed by atoms with Gasteiger partial charge in [0.1, 0.15) is 5.75 Å². The van der Waals surface area contributed by atoms with Gasteiger partial charge in [-0.2, -0.15) is 13.2 Å². The molecule has 1 aliphatic rings. The molecule has 2 aromatic rings. The molecule has 30 heavy (non-hydrogen) atoms. The van der Waals surface area contributed by atoms with Gasteiger partial charge < -0.3 is 10.1 Å². The average Bonchev–Trinajstić information content (AvgIpc) is 3.14. The Morgan fingerprint density at radius 2 is 2.00 bits per heavy atom. The molecule has 0 spiro atoms. The number of hydrogen-bond acceptors (Lipinski definition) is 5. The number of unbranched alkanes of at least 4 members (excludes halogenated alkanes) is 2. The van der Waals surface area contributed by atoms with E-state index in [0.29, 0.717) is 10.8 Å². The summed E-state index contributed by atoms with van der Waals surface area (Å²) in [4.78, 5) is 6.94. The summed E-state index contributed by atoms with van der Waals surface area (Å²) in [7, 11) is 0. The Labute approximate surface area is 180 Å². The maximum absolute atomic E-state index is 13.5. The van der Waals surface area contributed by atoms with E-state index in [-0.39, 0.29) is 12.4 Å². The fourth-order valence-electron chi connectivity index (χ4n) is 3.50. The van der Waals surface area contributed by atoms with E-state index in [1.165, 1.54) is 30.2 Å². The van der Waals surface area contributed by atoms with Gasteiger partial charge in [-0.05, 0) is 56.5 Å². The molecular formula is C22H30F3N3OS. The topological polar surface area (TPSA) is 37.4 Å². The Morgan fingerprint density at radius 1 is 1.23 bits per heavy atom. The predicted octanol–water partition coefficient (Wildman–Crippen LogP) is 6.71. The van der Waals surface area contributed by atoms with Crippen LogP contribution >= 0.6 is 11.3 Å². The van der Waals surface area contributed by atoms with Gasteiger partial charge in [0, 0.05) is 17.6 Å². The maximum Gasteiger partial charge on any atom is 0.420 e. The molecule has 4 nitrogen and oxygen atoms in total. The number of benzene rings is 1. The molecule has 1 aliphatic heterocycles. The zero-order valence-electron chi connectivity index (χ0n) is 17.6. The van der Waals surface area contributed by atoms with Crippen molar-refractivity contribution in [3.05, 3.63) is 34.8 Å². The van der Waals surface area contributed by atoms with Gasteiger partial charge in [-0.25, -0.2) is 4.98 Å². The Hall–Kier alpha value is -1.80. The SMILES string of the molecule is CCCCCOc1ccc(Nc2nc(CN3CCC(C)CC3)cs2)cc1C(F)(F)F. The van der Waals surface area contributed by atoms with Gasteiger partial charge in [-0.15, -0.1) is 11.3 Å². The maximum atomic E-state index is 13.5. The fourth-order valence-corrected chi connectivity index (χ4v) is 4.22. The highest BCUT2D eigenvalue weighted by Gasteiger charge is 2.34. The van der Waals surface area contributed by atoms with E-state index < -0.39 is 11.7 Å². The molecule has 3 rings (SSSR count). The zero-order chi connectivity index (χ0) is 21.6. The fraction of sp³-hybridized carbons (Fsp3) is 0.591. The summed E-state index contributed by atoms with van der Waals surface area (Å²) in [6.07, 6.45) is 0.586. The molecular weight excluding hydrogens is 411 g/mol. The number of halogens is 3. The number of nitrogens with zero attached hydrogens (tertiary/aromatic N) is 2. The molecule has 1 aromatic heterocycles. The van der Waals surface area contributed by atoms with E-state index >= 15 is 0 Å². The highest BCUT2D eigenvalue weighted by molar-refractivity contribution is 7.13. The van der Waals surface area contributed by atoms with Gasteiger partial charge in [0.05, 0.1) is 17.9 Å². The molecule has 0 radical (unpaired) electrons. The van der Waals surface area contributed by atoms with E-state index in [9.17, 15) is 13.2 Å². The summed E-state index contributed by atoms with van der Waals surface area (Å²) < 4.78 is 45.9. The molecule has 1 saturated heterocycles. The Balaban J connectivity index is 1.64. The van der Waals surface area contributed by atoms with E-state index in [1.54, 1.807) is 6.07 Å². The quantitative estimate of drug-likeness (QED) is 0.439. The van der Waals surface area contributed by atoms with Crippen LogP contribution in [0.1, 0.15) is 57.2 Å². The summed E-state index contributed by atoms with van der Waals surface area (Å²) in [6, 6.07) is 4.10. The number of ether oxygens (including phenoxy) is 1. The van der Waals surface area contributed by atoms with Gasteiger partial charge in [-0.3, -0.25) is 4.90 Å². The summed E-state index contributed by atoms with van der Waals surface area (Å²) in [6.45, 7) is 7.52. The van der Waals surface area contributed by atoms with Crippen molar-refractivity contribution in [2.75, 3.05) is 25.0 Å². The molecule has 1 N–H and O–H groups in total. The van der Waals surface area contributed by atoms with Crippen molar-refractivity contribution < 1.29 is 17.9 Å². The lowest BCUT2D eigenvalue weighted by molar-refractivity contribution is -0.138. The van der Waals surface area contributed by atoms with Crippen LogP contribution in [0.25, 0.3) is 0 Å². The number of alkyl halides is 3. The standard InChI is InChI=1S/C22H30F3N3OS/c1-3-4-5-12-29-20-7-6-17(13-19(20)22(23,24)25)26-21-27-18(15-30-21)14-28-10-8-16(2)9-11-28/h6-7,13,15-16H,3-5,8-12,14H2,1-2H3,(H,26,27). The van der Waals surface area contributed by atoms with Crippen molar-refractivity contribution in [3.8, 4) is 5.75 Å². The molecule has 0 saturated carbocycles. The second kappa shape index (κ2) is 10.5. The number of rotatable bonds is 9. The van der Waals surface area contributed by atoms with Crippen molar-refractivity contribution in [3.63, 3.8) is 0 Å². The zero-order valence-corrected chi connectivity index (χ0v) is 18.4.